The van der Waals surface area contributed by atoms with E-state index >= 15 is 0 Å². The standard InChI is InChI=1S/C28H39N5O5Si/c1-28(2,3)38-27(35)33-12-10-21-20(25(33)34)17-22(32(21)13-15-37-23-9-7-8-14-36-23)24-19(11-16-39(4,5)6)18-30-26(29)31-24/h17-18,23H,7-10,12-15H2,1-6H3,(H2,29,30,31). The van der Waals surface area contributed by atoms with Gasteiger partial charge in [0.2, 0.25) is 5.95 Å². The number of nitrogens with two attached hydrogens (primary N) is 1. The van der Waals surface area contributed by atoms with Gasteiger partial charge in [-0.2, -0.15) is 0 Å². The van der Waals surface area contributed by atoms with Crippen molar-refractivity contribution in [1.82, 2.24) is 19.4 Å². The highest BCUT2D eigenvalue weighted by atomic mass is 28.3. The van der Waals surface area contributed by atoms with Crippen LogP contribution in [0.5, 0.6) is 0 Å². The van der Waals surface area contributed by atoms with Gasteiger partial charge < -0.3 is 24.5 Å². The lowest BCUT2D eigenvalue weighted by Crippen LogP contribution is -2.44. The Morgan fingerprint density at radius 1 is 1.28 bits per heavy atom. The third-order valence-corrected chi connectivity index (χ3v) is 7.12. The molecule has 2 aromatic heterocycles. The first-order valence-electron chi connectivity index (χ1n) is 13.5. The van der Waals surface area contributed by atoms with Crippen molar-refractivity contribution in [3.05, 3.63) is 29.1 Å². The van der Waals surface area contributed by atoms with Crippen LogP contribution in [-0.2, 0) is 27.2 Å². The molecule has 0 saturated carbocycles. The fourth-order valence-corrected chi connectivity index (χ4v) is 5.02. The maximum absolute atomic E-state index is 13.6. The van der Waals surface area contributed by atoms with E-state index in [-0.39, 0.29) is 18.8 Å². The first-order valence-corrected chi connectivity index (χ1v) is 17.0. The highest BCUT2D eigenvalue weighted by Gasteiger charge is 2.36. The van der Waals surface area contributed by atoms with Crippen LogP contribution in [0.25, 0.3) is 11.4 Å². The van der Waals surface area contributed by atoms with E-state index in [9.17, 15) is 9.59 Å². The van der Waals surface area contributed by atoms with Gasteiger partial charge in [-0.05, 0) is 46.1 Å². The zero-order valence-corrected chi connectivity index (χ0v) is 24.8. The number of hydrogen-bond acceptors (Lipinski definition) is 8. The highest BCUT2D eigenvalue weighted by Crippen LogP contribution is 2.32. The zero-order chi connectivity index (χ0) is 28.4. The van der Waals surface area contributed by atoms with E-state index in [0.29, 0.717) is 48.7 Å². The molecule has 2 aliphatic heterocycles. The smallest absolute Gasteiger partial charge is 0.417 e. The van der Waals surface area contributed by atoms with Gasteiger partial charge in [-0.25, -0.2) is 19.7 Å². The summed E-state index contributed by atoms with van der Waals surface area (Å²) < 4.78 is 19.3. The second kappa shape index (κ2) is 11.5. The van der Waals surface area contributed by atoms with Crippen LogP contribution in [0.1, 0.15) is 61.6 Å². The van der Waals surface area contributed by atoms with E-state index in [4.69, 9.17) is 19.9 Å². The van der Waals surface area contributed by atoms with E-state index < -0.39 is 25.7 Å². The summed E-state index contributed by atoms with van der Waals surface area (Å²) in [5, 5.41) is 0. The van der Waals surface area contributed by atoms with Crippen molar-refractivity contribution in [3.8, 4) is 22.9 Å². The minimum Gasteiger partial charge on any atom is -0.443 e. The monoisotopic (exact) mass is 553 g/mol. The Labute approximate surface area is 231 Å². The van der Waals surface area contributed by atoms with Gasteiger partial charge in [-0.3, -0.25) is 4.79 Å². The fourth-order valence-electron chi connectivity index (χ4n) is 4.51. The van der Waals surface area contributed by atoms with Gasteiger partial charge in [0.15, 0.2) is 6.29 Å². The Kier molecular flexibility index (Phi) is 8.49. The minimum absolute atomic E-state index is 0.114. The molecule has 1 fully saturated rings. The predicted octanol–water partition coefficient (Wildman–Crippen LogP) is 4.23. The summed E-state index contributed by atoms with van der Waals surface area (Å²) in [7, 11) is -1.69. The third kappa shape index (κ3) is 7.26. The average molecular weight is 554 g/mol. The normalized spacial score (nSPS) is 17.8. The van der Waals surface area contributed by atoms with Crippen LogP contribution in [0, 0.1) is 11.5 Å². The largest absolute Gasteiger partial charge is 0.443 e. The second-order valence-electron chi connectivity index (χ2n) is 11.9. The van der Waals surface area contributed by atoms with Crippen molar-refractivity contribution >= 4 is 26.0 Å². The van der Waals surface area contributed by atoms with Crippen molar-refractivity contribution in [1.29, 1.82) is 0 Å². The molecule has 10 nitrogen and oxygen atoms in total. The average Bonchev–Trinajstić information content (AvgIpc) is 3.22. The van der Waals surface area contributed by atoms with E-state index in [1.807, 2.05) is 4.57 Å². The summed E-state index contributed by atoms with van der Waals surface area (Å²) in [4.78, 5) is 36.3. The van der Waals surface area contributed by atoms with Crippen LogP contribution in [0.4, 0.5) is 10.7 Å². The quantitative estimate of drug-likeness (QED) is 0.431. The molecule has 2 aliphatic rings. The molecular weight excluding hydrogens is 514 g/mol. The number of anilines is 1. The molecule has 0 radical (unpaired) electrons. The highest BCUT2D eigenvalue weighted by molar-refractivity contribution is 6.83. The Morgan fingerprint density at radius 2 is 2.05 bits per heavy atom. The Balaban J connectivity index is 1.73. The molecule has 1 atom stereocenters. The van der Waals surface area contributed by atoms with Crippen LogP contribution < -0.4 is 5.73 Å². The summed E-state index contributed by atoms with van der Waals surface area (Å²) in [6.07, 6.45) is 4.19. The summed E-state index contributed by atoms with van der Waals surface area (Å²) in [5.41, 5.74) is 11.8. The van der Waals surface area contributed by atoms with Gasteiger partial charge in [0, 0.05) is 38.0 Å². The molecular formula is C28H39N5O5Si. The molecule has 210 valence electrons. The molecule has 2 N–H and O–H groups in total. The molecule has 2 aromatic rings. The number of imide groups is 1. The maximum Gasteiger partial charge on any atom is 0.417 e. The lowest BCUT2D eigenvalue weighted by atomic mass is 10.1. The van der Waals surface area contributed by atoms with Gasteiger partial charge in [0.25, 0.3) is 5.91 Å². The zero-order valence-electron chi connectivity index (χ0n) is 23.8. The van der Waals surface area contributed by atoms with Gasteiger partial charge in [-0.15, -0.1) is 5.54 Å². The molecule has 2 amide bonds. The van der Waals surface area contributed by atoms with E-state index in [1.165, 1.54) is 0 Å². The SMILES string of the molecule is CC(C)(C)OC(=O)N1CCc2c(cc(-c3nc(N)ncc3C#C[Si](C)(C)C)n2CCOC2CCCCO2)C1=O. The van der Waals surface area contributed by atoms with Crippen LogP contribution >= 0.6 is 0 Å². The van der Waals surface area contributed by atoms with Crippen LogP contribution in [0.15, 0.2) is 12.3 Å². The summed E-state index contributed by atoms with van der Waals surface area (Å²) >= 11 is 0. The molecule has 0 bridgehead atoms. The van der Waals surface area contributed by atoms with Crippen molar-refractivity contribution in [2.75, 3.05) is 25.5 Å². The van der Waals surface area contributed by atoms with Gasteiger partial charge in [0.1, 0.15) is 19.4 Å². The maximum atomic E-state index is 13.6. The number of carbonyl (C=O) groups is 2. The first-order chi connectivity index (χ1) is 18.3. The summed E-state index contributed by atoms with van der Waals surface area (Å²) in [5.74, 6) is 2.97. The molecule has 0 spiro atoms. The number of aromatic nitrogens is 3. The molecule has 11 heteroatoms. The van der Waals surface area contributed by atoms with E-state index in [2.05, 4.69) is 41.1 Å². The topological polar surface area (TPSA) is 122 Å². The van der Waals surface area contributed by atoms with E-state index in [1.54, 1.807) is 33.0 Å². The second-order valence-corrected chi connectivity index (χ2v) is 16.6. The van der Waals surface area contributed by atoms with Crippen molar-refractivity contribution in [2.24, 2.45) is 0 Å². The number of carbonyl (C=O) groups excluding carboxylic acids is 2. The molecule has 4 heterocycles. The van der Waals surface area contributed by atoms with Crippen molar-refractivity contribution in [3.63, 3.8) is 0 Å². The molecule has 1 saturated heterocycles. The summed E-state index contributed by atoms with van der Waals surface area (Å²) in [6.45, 7) is 13.6. The van der Waals surface area contributed by atoms with E-state index in [0.717, 1.165) is 29.9 Å². The number of nitrogens with zero attached hydrogens (tertiary/aromatic N) is 4. The third-order valence-electron chi connectivity index (χ3n) is 6.25. The van der Waals surface area contributed by atoms with Crippen LogP contribution in [0.2, 0.25) is 19.6 Å². The predicted molar refractivity (Wildman–Crippen MR) is 151 cm³/mol. The molecule has 0 aliphatic carbocycles. The van der Waals surface area contributed by atoms with Crippen molar-refractivity contribution in [2.45, 2.75) is 84.5 Å². The Hall–Kier alpha value is -3.20. The minimum atomic E-state index is -1.69. The lowest BCUT2D eigenvalue weighted by molar-refractivity contribution is -0.163. The Bertz CT molecular complexity index is 1290. The number of hydrogen-bond donors (Lipinski definition) is 1. The number of ether oxygens (including phenoxy) is 3. The summed E-state index contributed by atoms with van der Waals surface area (Å²) in [6, 6.07) is 1.77. The Morgan fingerprint density at radius 3 is 2.72 bits per heavy atom. The number of fused-ring (bicyclic) bond motifs is 1. The first kappa shape index (κ1) is 28.8. The van der Waals surface area contributed by atoms with Crippen LogP contribution in [-0.4, -0.2) is 71.2 Å². The number of amides is 2. The molecule has 0 aromatic carbocycles. The number of nitrogen functional groups attached to an aromatic ring is 1. The molecule has 4 rings (SSSR count). The lowest BCUT2D eigenvalue weighted by Gasteiger charge is -2.29. The molecule has 39 heavy (non-hydrogen) atoms. The van der Waals surface area contributed by atoms with Gasteiger partial charge in [-0.1, -0.05) is 25.6 Å². The van der Waals surface area contributed by atoms with Gasteiger partial charge in [0.05, 0.1) is 23.4 Å². The van der Waals surface area contributed by atoms with Crippen LogP contribution in [0.3, 0.4) is 0 Å². The fraction of sp³-hybridized carbons (Fsp3) is 0.571. The molecule has 1 unspecified atom stereocenters. The van der Waals surface area contributed by atoms with Gasteiger partial charge >= 0.3 is 6.09 Å². The number of rotatable bonds is 5. The van der Waals surface area contributed by atoms with Crippen molar-refractivity contribution < 1.29 is 23.8 Å².